The minimum absolute atomic E-state index is 0.271. The van der Waals surface area contributed by atoms with Crippen LogP contribution in [0.1, 0.15) is 25.7 Å². The van der Waals surface area contributed by atoms with Crippen LogP contribution < -0.4 is 32.1 Å². The van der Waals surface area contributed by atoms with Gasteiger partial charge >= 0.3 is 39.4 Å². The Kier molecular flexibility index (Phi) is 23.2. The van der Waals surface area contributed by atoms with E-state index in [1.165, 1.54) is 0 Å². The van der Waals surface area contributed by atoms with Gasteiger partial charge in [0.25, 0.3) is 0 Å². The maximum atomic E-state index is 12.7. The maximum absolute atomic E-state index is 12.7. The van der Waals surface area contributed by atoms with Crippen LogP contribution in [0.15, 0.2) is 0 Å². The zero-order valence-electron chi connectivity index (χ0n) is 27.2. The lowest BCUT2D eigenvalue weighted by Gasteiger charge is -2.21. The van der Waals surface area contributed by atoms with E-state index >= 15 is 0 Å². The molecule has 0 rings (SSSR count). The molecular weight excluding hydrogens is 806 g/mol. The third-order valence-corrected chi connectivity index (χ3v) is 9.88. The molecule has 0 aliphatic carbocycles. The van der Waals surface area contributed by atoms with Crippen LogP contribution in [0.3, 0.4) is 0 Å². The zero-order chi connectivity index (χ0) is 40.9. The Hall–Kier alpha value is -3.40. The largest absolute Gasteiger partial charge is 0.480 e. The van der Waals surface area contributed by atoms with Crippen LogP contribution in [0.5, 0.6) is 0 Å². The van der Waals surface area contributed by atoms with E-state index in [0.717, 1.165) is 21.6 Å². The Morgan fingerprint density at radius 1 is 0.660 bits per heavy atom. The first-order valence-corrected chi connectivity index (χ1v) is 20.2. The van der Waals surface area contributed by atoms with Crippen LogP contribution in [-0.2, 0) is 56.5 Å². The van der Waals surface area contributed by atoms with Crippen molar-refractivity contribution >= 4 is 84.7 Å². The molecule has 0 saturated carbocycles. The molecule has 0 aliphatic heterocycles. The van der Waals surface area contributed by atoms with Crippen LogP contribution in [-0.4, -0.2) is 156 Å². The Labute approximate surface area is 306 Å². The molecule has 0 bridgehead atoms. The van der Waals surface area contributed by atoms with Crippen LogP contribution in [0.2, 0.25) is 0 Å². The first-order valence-electron chi connectivity index (χ1n) is 14.6. The summed E-state index contributed by atoms with van der Waals surface area (Å²) in [5.41, 5.74) is 5.36. The quantitative estimate of drug-likeness (QED) is 0.0191. The summed E-state index contributed by atoms with van der Waals surface area (Å²) in [5.74, 6) is -10.3. The lowest BCUT2D eigenvalue weighted by Crippen LogP contribution is -2.50. The van der Waals surface area contributed by atoms with Crippen molar-refractivity contribution in [2.75, 3.05) is 37.8 Å². The number of nitrogens with one attached hydrogen (secondary N) is 5. The number of rotatable bonds is 29. The first kappa shape index (κ1) is 49.6. The molecule has 0 radical (unpaired) electrons. The van der Waals surface area contributed by atoms with Crippen LogP contribution in [0.4, 0.5) is 0 Å². The molecule has 4 amide bonds. The van der Waals surface area contributed by atoms with Gasteiger partial charge in [-0.15, -0.1) is 0 Å². The molecule has 30 heteroatoms. The van der Waals surface area contributed by atoms with Gasteiger partial charge in [0, 0.05) is 24.3 Å². The van der Waals surface area contributed by atoms with Crippen molar-refractivity contribution in [3.63, 3.8) is 0 Å². The second-order valence-electron chi connectivity index (χ2n) is 10.3. The third-order valence-electron chi connectivity index (χ3n) is 5.84. The molecule has 6 atom stereocenters. The molecule has 0 aliphatic rings. The number of aliphatic hydroxyl groups excluding tert-OH is 1. The second-order valence-corrected chi connectivity index (χ2v) is 15.7. The lowest BCUT2D eigenvalue weighted by atomic mass is 10.1. The fraction of sp³-hybridized carbons (Fsp3) is 0.652. The Morgan fingerprint density at radius 2 is 1.09 bits per heavy atom. The Balaban J connectivity index is 5.44. The topological polar surface area (TPSA) is 437 Å². The van der Waals surface area contributed by atoms with Crippen LogP contribution >= 0.6 is 37.2 Å². The fourth-order valence-electron chi connectivity index (χ4n) is 3.28. The molecule has 0 aromatic rings. The number of carboxylic acid groups (broad SMARTS) is 4. The number of nitrogens with two attached hydrogens (primary N) is 1. The predicted octanol–water partition coefficient (Wildman–Crippen LogP) is -4.66. The van der Waals surface area contributed by atoms with Crippen molar-refractivity contribution in [3.8, 4) is 0 Å². The van der Waals surface area contributed by atoms with E-state index in [-0.39, 0.29) is 17.9 Å². The molecule has 4 unspecified atom stereocenters. The molecule has 0 saturated heterocycles. The van der Waals surface area contributed by atoms with Gasteiger partial charge in [-0.2, -0.15) is 0 Å². The van der Waals surface area contributed by atoms with Gasteiger partial charge in [-0.3, -0.25) is 47.4 Å². The minimum Gasteiger partial charge on any atom is -0.480 e. The lowest BCUT2D eigenvalue weighted by molar-refractivity contribution is -0.140. The van der Waals surface area contributed by atoms with Gasteiger partial charge in [0.15, 0.2) is 0 Å². The number of aliphatic carboxylic acids is 4. The average molecular weight is 847 g/mol. The number of carbonyl (C=O) groups excluding carboxylic acids is 4. The number of phosphoric ester groups is 1. The second kappa shape index (κ2) is 24.8. The molecule has 0 fully saturated rings. The number of carboxylic acids is 4. The highest BCUT2D eigenvalue weighted by atomic mass is 33.1. The van der Waals surface area contributed by atoms with Crippen LogP contribution in [0, 0.1) is 0 Å². The number of aliphatic hydroxyl groups is 1. The standard InChI is InChI=1S/C23H40N6O20P2S2/c24-12(22(39)40)1-3-16(31)27-14(20(37)25-5-18(33)34)9-52-53-10-15(21(38)26-6-19(35)36)28-17(32)4-2-13(23(41)42)29-50(43,44)48-7-11(30)8-49-51(45,46)47/h11-15,30H,1-10,24H2,(H,25,37)(H,26,38)(H,27,31)(H,28,32)(H,33,34)(H,35,36)(H,39,40)(H,41,42)(H2,29,43,44)(H2,45,46,47)/t11?,12-,13?,14-,15?/m0/s1. The molecule has 0 aromatic carbocycles. The Morgan fingerprint density at radius 3 is 1.49 bits per heavy atom. The first-order chi connectivity index (χ1) is 24.4. The molecule has 0 spiro atoms. The van der Waals surface area contributed by atoms with E-state index in [1.807, 2.05) is 5.32 Å². The summed E-state index contributed by atoms with van der Waals surface area (Å²) in [6.45, 7) is -3.75. The smallest absolute Gasteiger partial charge is 0.469 e. The van der Waals surface area contributed by atoms with Crippen molar-refractivity contribution in [2.45, 2.75) is 56.0 Å². The minimum atomic E-state index is -5.02. The molecule has 15 N–H and O–H groups in total. The van der Waals surface area contributed by atoms with E-state index in [2.05, 4.69) is 25.0 Å². The van der Waals surface area contributed by atoms with Gasteiger partial charge in [-0.25, -0.2) is 14.2 Å². The molecule has 0 aromatic heterocycles. The van der Waals surface area contributed by atoms with Gasteiger partial charge in [0.1, 0.15) is 43.4 Å². The Bertz CT molecular complexity index is 1400. The molecule has 53 heavy (non-hydrogen) atoms. The summed E-state index contributed by atoms with van der Waals surface area (Å²) in [5, 5.41) is 55.9. The van der Waals surface area contributed by atoms with E-state index in [4.69, 9.17) is 30.8 Å². The zero-order valence-corrected chi connectivity index (χ0v) is 30.6. The van der Waals surface area contributed by atoms with Gasteiger partial charge in [0.05, 0.1) is 13.2 Å². The van der Waals surface area contributed by atoms with E-state index in [0.29, 0.717) is 0 Å². The highest BCUT2D eigenvalue weighted by molar-refractivity contribution is 8.76. The van der Waals surface area contributed by atoms with Crippen molar-refractivity contribution in [1.29, 1.82) is 0 Å². The van der Waals surface area contributed by atoms with E-state index in [1.54, 1.807) is 5.09 Å². The monoisotopic (exact) mass is 846 g/mol. The normalized spacial score (nSPS) is 15.3. The SMILES string of the molecule is N[C@@H](CCC(=O)N[C@@H](CSSCC(NC(=O)CCC(NP(=O)(O)OCC(O)COP(=O)(O)O)C(=O)O)C(=O)NCC(=O)O)C(=O)NCC(=O)O)C(=O)O. The summed E-state index contributed by atoms with van der Waals surface area (Å²) >= 11 is 0. The average Bonchev–Trinajstić information content (AvgIpc) is 3.04. The third kappa shape index (κ3) is 25.3. The van der Waals surface area contributed by atoms with Crippen molar-refractivity contribution < 1.29 is 96.7 Å². The molecule has 26 nitrogen and oxygen atoms in total. The van der Waals surface area contributed by atoms with Gasteiger partial charge in [-0.05, 0) is 12.8 Å². The number of carbonyl (C=O) groups is 8. The van der Waals surface area contributed by atoms with E-state index < -0.39 is 139 Å². The number of hydrogen-bond acceptors (Lipinski definition) is 16. The fourth-order valence-corrected chi connectivity index (χ4v) is 7.06. The highest BCUT2D eigenvalue weighted by Crippen LogP contribution is 2.39. The summed E-state index contributed by atoms with van der Waals surface area (Å²) < 4.78 is 31.4. The van der Waals surface area contributed by atoms with E-state index in [9.17, 15) is 62.6 Å². The van der Waals surface area contributed by atoms with Crippen LogP contribution in [0.25, 0.3) is 0 Å². The number of phosphoric acid groups is 1. The van der Waals surface area contributed by atoms with Crippen molar-refractivity contribution in [3.05, 3.63) is 0 Å². The number of amides is 4. The van der Waals surface area contributed by atoms with Gasteiger partial charge in [-0.1, -0.05) is 21.6 Å². The van der Waals surface area contributed by atoms with Gasteiger partial charge < -0.3 is 67.2 Å². The van der Waals surface area contributed by atoms with Crippen molar-refractivity contribution in [2.24, 2.45) is 5.73 Å². The summed E-state index contributed by atoms with van der Waals surface area (Å²) in [4.78, 5) is 122. The predicted molar refractivity (Wildman–Crippen MR) is 178 cm³/mol. The van der Waals surface area contributed by atoms with Gasteiger partial charge in [0.2, 0.25) is 23.6 Å². The highest BCUT2D eigenvalue weighted by Gasteiger charge is 2.31. The summed E-state index contributed by atoms with van der Waals surface area (Å²) in [6, 6.07) is -6.19. The molecular formula is C23H40N6O20P2S2. The summed E-state index contributed by atoms with van der Waals surface area (Å²) in [7, 11) is -8.36. The molecule has 0 heterocycles. The number of hydrogen-bond donors (Lipinski definition) is 14. The summed E-state index contributed by atoms with van der Waals surface area (Å²) in [6.07, 6.45) is -3.94. The molecule has 304 valence electrons. The van der Waals surface area contributed by atoms with Crippen molar-refractivity contribution in [1.82, 2.24) is 26.4 Å². The maximum Gasteiger partial charge on any atom is 0.469 e.